The van der Waals surface area contributed by atoms with E-state index < -0.39 is 0 Å². The number of carbonyl (C=O) groups excluding carboxylic acids is 1. The van der Waals surface area contributed by atoms with Gasteiger partial charge in [0.25, 0.3) is 0 Å². The van der Waals surface area contributed by atoms with E-state index in [-0.39, 0.29) is 23.8 Å². The molecule has 1 saturated carbocycles. The Morgan fingerprint density at radius 2 is 2.06 bits per heavy atom. The van der Waals surface area contributed by atoms with Gasteiger partial charge in [0.05, 0.1) is 0 Å². The van der Waals surface area contributed by atoms with Gasteiger partial charge in [-0.05, 0) is 77.1 Å². The number of allylic oxidation sites excluding steroid dienone is 2. The maximum Gasteiger partial charge on any atom is 0.223 e. The van der Waals surface area contributed by atoms with Gasteiger partial charge < -0.3 is 10.6 Å². The van der Waals surface area contributed by atoms with Gasteiger partial charge in [-0.25, -0.2) is 14.7 Å². The summed E-state index contributed by atoms with van der Waals surface area (Å²) < 4.78 is 1.64. The van der Waals surface area contributed by atoms with Gasteiger partial charge in [0, 0.05) is 47.7 Å². The van der Waals surface area contributed by atoms with Gasteiger partial charge in [-0.1, -0.05) is 11.6 Å². The Morgan fingerprint density at radius 3 is 2.71 bits per heavy atom. The second-order valence-corrected chi connectivity index (χ2v) is 9.16. The summed E-state index contributed by atoms with van der Waals surface area (Å²) in [7, 11) is 0. The lowest BCUT2D eigenvalue weighted by molar-refractivity contribution is -0.128. The molecule has 1 aliphatic carbocycles. The number of aromatic amines is 1. The molecule has 0 spiro atoms. The molecule has 9 nitrogen and oxygen atoms in total. The van der Waals surface area contributed by atoms with Crippen molar-refractivity contribution in [2.45, 2.75) is 52.5 Å². The number of anilines is 2. The van der Waals surface area contributed by atoms with Crippen LogP contribution in [0.5, 0.6) is 0 Å². The summed E-state index contributed by atoms with van der Waals surface area (Å²) in [4.78, 5) is 21.6. The lowest BCUT2D eigenvalue weighted by Gasteiger charge is -2.35. The molecule has 0 aliphatic heterocycles. The van der Waals surface area contributed by atoms with Crippen molar-refractivity contribution in [1.29, 1.82) is 0 Å². The van der Waals surface area contributed by atoms with Crippen LogP contribution in [-0.2, 0) is 4.79 Å². The first kappa shape index (κ1) is 24.1. The number of hydrogen-bond acceptors (Lipinski definition) is 6. The smallest absolute Gasteiger partial charge is 0.223 e. The summed E-state index contributed by atoms with van der Waals surface area (Å²) >= 11 is 0. The van der Waals surface area contributed by atoms with E-state index in [1.807, 2.05) is 57.3 Å². The highest BCUT2D eigenvalue weighted by atomic mass is 16.2. The van der Waals surface area contributed by atoms with E-state index in [0.29, 0.717) is 5.82 Å². The lowest BCUT2D eigenvalue weighted by Crippen LogP contribution is -2.42. The molecular weight excluding hydrogens is 440 g/mol. The number of aliphatic imine (C=N–C) groups is 1. The van der Waals surface area contributed by atoms with Gasteiger partial charge >= 0.3 is 0 Å². The average Bonchev–Trinajstić information content (AvgIpc) is 3.44. The molecule has 0 bridgehead atoms. The molecule has 0 aromatic carbocycles. The van der Waals surface area contributed by atoms with Gasteiger partial charge in [-0.15, -0.1) is 0 Å². The first-order chi connectivity index (χ1) is 16.8. The summed E-state index contributed by atoms with van der Waals surface area (Å²) in [5.74, 6) is 2.48. The average molecular weight is 473 g/mol. The number of nitrogens with zero attached hydrogens (tertiary/aromatic N) is 5. The monoisotopic (exact) mass is 472 g/mol. The van der Waals surface area contributed by atoms with Gasteiger partial charge in [0.15, 0.2) is 11.6 Å². The molecule has 35 heavy (non-hydrogen) atoms. The Kier molecular flexibility index (Phi) is 7.24. The molecule has 3 aromatic heterocycles. The molecule has 182 valence electrons. The lowest BCUT2D eigenvalue weighted by atomic mass is 9.72. The van der Waals surface area contributed by atoms with Crippen LogP contribution < -0.4 is 10.6 Å². The van der Waals surface area contributed by atoms with Crippen LogP contribution in [0, 0.1) is 19.8 Å². The first-order valence-corrected chi connectivity index (χ1v) is 11.8. The standard InChI is InChI=1S/C26H32N8O/c1-16-11-22(30-23(12-16)31-24-13-18(3)32-33-24)20-14-21(15-20)26(35)29-19(4)17(2)7-8-25(27-5)34-10-6-9-28-34/h6-13,19-21H,5,14-15H2,1-4H3,(H,29,35)(H2,30,31,32,33)/b17-7+,25-8+/t19-,20-,21-/m0/s1. The van der Waals surface area contributed by atoms with E-state index in [1.54, 1.807) is 10.9 Å². The van der Waals surface area contributed by atoms with E-state index in [1.165, 1.54) is 0 Å². The normalized spacial score (nSPS) is 19.1. The van der Waals surface area contributed by atoms with Crippen molar-refractivity contribution in [3.63, 3.8) is 0 Å². The van der Waals surface area contributed by atoms with Gasteiger partial charge in [-0.2, -0.15) is 10.2 Å². The number of aromatic nitrogens is 5. The Labute approximate surface area is 205 Å². The van der Waals surface area contributed by atoms with Gasteiger partial charge in [0.2, 0.25) is 5.91 Å². The molecule has 4 rings (SSSR count). The maximum atomic E-state index is 12.8. The minimum Gasteiger partial charge on any atom is -0.350 e. The quantitative estimate of drug-likeness (QED) is 0.313. The fourth-order valence-corrected chi connectivity index (χ4v) is 4.06. The van der Waals surface area contributed by atoms with Crippen molar-refractivity contribution in [3.05, 3.63) is 71.3 Å². The molecular formula is C26H32N8O. The molecule has 9 heteroatoms. The maximum absolute atomic E-state index is 12.8. The zero-order chi connectivity index (χ0) is 24.9. The highest BCUT2D eigenvalue weighted by Crippen LogP contribution is 2.41. The number of pyridine rings is 1. The molecule has 1 fully saturated rings. The third-order valence-corrected chi connectivity index (χ3v) is 6.32. The molecule has 0 radical (unpaired) electrons. The van der Waals surface area contributed by atoms with Gasteiger partial charge in [0.1, 0.15) is 5.82 Å². The van der Waals surface area contributed by atoms with Crippen molar-refractivity contribution < 1.29 is 4.79 Å². The van der Waals surface area contributed by atoms with Gasteiger partial charge in [-0.3, -0.25) is 9.89 Å². The van der Waals surface area contributed by atoms with Crippen molar-refractivity contribution in [2.75, 3.05) is 5.32 Å². The summed E-state index contributed by atoms with van der Waals surface area (Å²) in [5, 5.41) is 17.7. The number of nitrogens with one attached hydrogen (secondary N) is 3. The van der Waals surface area contributed by atoms with E-state index >= 15 is 0 Å². The second kappa shape index (κ2) is 10.5. The third-order valence-electron chi connectivity index (χ3n) is 6.32. The van der Waals surface area contributed by atoms with Crippen LogP contribution in [-0.4, -0.2) is 43.6 Å². The zero-order valence-corrected chi connectivity index (χ0v) is 20.6. The Morgan fingerprint density at radius 1 is 1.26 bits per heavy atom. The summed E-state index contributed by atoms with van der Waals surface area (Å²) in [6, 6.07) is 7.78. The summed E-state index contributed by atoms with van der Waals surface area (Å²) in [5.41, 5.74) is 4.15. The fourth-order valence-electron chi connectivity index (χ4n) is 4.06. The SMILES string of the molecule is C=N/C(=C\C=C(/C)[C@H](C)NC(=O)[C@H]1C[C@H](c2cc(C)cc(Nc3cc(C)[nH]n3)n2)C1)n1cccn1. The van der Waals surface area contributed by atoms with E-state index in [9.17, 15) is 4.79 Å². The highest BCUT2D eigenvalue weighted by Gasteiger charge is 2.36. The van der Waals surface area contributed by atoms with Crippen molar-refractivity contribution in [3.8, 4) is 0 Å². The molecule has 0 unspecified atom stereocenters. The topological polar surface area (TPSA) is 113 Å². The third kappa shape index (κ3) is 5.92. The number of aryl methyl sites for hydroxylation is 2. The van der Waals surface area contributed by atoms with Crippen molar-refractivity contribution >= 4 is 30.1 Å². The van der Waals surface area contributed by atoms with E-state index in [0.717, 1.165) is 47.0 Å². The number of carbonyl (C=O) groups is 1. The molecule has 3 aromatic rings. The number of H-pyrrole nitrogens is 1. The molecule has 3 N–H and O–H groups in total. The number of hydrogen-bond donors (Lipinski definition) is 3. The fraction of sp³-hybridized carbons (Fsp3) is 0.346. The van der Waals surface area contributed by atoms with E-state index in [4.69, 9.17) is 4.98 Å². The van der Waals surface area contributed by atoms with Crippen molar-refractivity contribution in [1.82, 2.24) is 30.3 Å². The predicted molar refractivity (Wildman–Crippen MR) is 138 cm³/mol. The molecule has 3 heterocycles. The summed E-state index contributed by atoms with van der Waals surface area (Å²) in [6.45, 7) is 11.6. The first-order valence-electron chi connectivity index (χ1n) is 11.8. The van der Waals surface area contributed by atoms with Crippen LogP contribution in [0.4, 0.5) is 11.6 Å². The minimum absolute atomic E-state index is 0.00650. The minimum atomic E-state index is -0.0910. The summed E-state index contributed by atoms with van der Waals surface area (Å²) in [6.07, 6.45) is 8.87. The van der Waals surface area contributed by atoms with Crippen LogP contribution in [0.3, 0.4) is 0 Å². The van der Waals surface area contributed by atoms with Crippen LogP contribution in [0.15, 0.2) is 59.4 Å². The van der Waals surface area contributed by atoms with Crippen LogP contribution in [0.25, 0.3) is 5.82 Å². The largest absolute Gasteiger partial charge is 0.350 e. The zero-order valence-electron chi connectivity index (χ0n) is 20.6. The Balaban J connectivity index is 1.32. The molecule has 1 amide bonds. The van der Waals surface area contributed by atoms with Crippen LogP contribution >= 0.6 is 0 Å². The molecule has 1 atom stereocenters. The highest BCUT2D eigenvalue weighted by molar-refractivity contribution is 5.80. The second-order valence-electron chi connectivity index (χ2n) is 9.16. The Bertz CT molecular complexity index is 1250. The van der Waals surface area contributed by atoms with Crippen molar-refractivity contribution in [2.24, 2.45) is 10.9 Å². The van der Waals surface area contributed by atoms with E-state index in [2.05, 4.69) is 50.6 Å². The number of rotatable bonds is 9. The molecule has 1 aliphatic rings. The van der Waals surface area contributed by atoms with Crippen LogP contribution in [0.2, 0.25) is 0 Å². The Hall–Kier alpha value is -4.01. The predicted octanol–water partition coefficient (Wildman–Crippen LogP) is 4.51. The van der Waals surface area contributed by atoms with Crippen LogP contribution in [0.1, 0.15) is 49.6 Å². The molecule has 0 saturated heterocycles. The number of amides is 1.